The lowest BCUT2D eigenvalue weighted by Gasteiger charge is -2.21. The van der Waals surface area contributed by atoms with E-state index >= 15 is 0 Å². The van der Waals surface area contributed by atoms with Gasteiger partial charge in [-0.25, -0.2) is 4.57 Å². The Bertz CT molecular complexity index is 1600. The van der Waals surface area contributed by atoms with Crippen LogP contribution in [0.5, 0.6) is 0 Å². The first kappa shape index (κ1) is 72.7. The van der Waals surface area contributed by atoms with Crippen molar-refractivity contribution in [3.8, 4) is 0 Å². The molecule has 12 heteroatoms. The molecule has 76 heavy (non-hydrogen) atoms. The van der Waals surface area contributed by atoms with Crippen LogP contribution in [0.1, 0.15) is 265 Å². The highest BCUT2D eigenvalue weighted by molar-refractivity contribution is 7.47. The van der Waals surface area contributed by atoms with Gasteiger partial charge in [0.25, 0.3) is 0 Å². The number of esters is 3. The van der Waals surface area contributed by atoms with Crippen LogP contribution >= 0.6 is 7.82 Å². The van der Waals surface area contributed by atoms with Crippen molar-refractivity contribution in [2.75, 3.05) is 26.4 Å². The lowest BCUT2D eigenvalue weighted by atomic mass is 10.1. The predicted molar refractivity (Wildman–Crippen MR) is 316 cm³/mol. The van der Waals surface area contributed by atoms with Crippen LogP contribution < -0.4 is 0 Å². The van der Waals surface area contributed by atoms with E-state index in [0.717, 1.165) is 122 Å². The maximum absolute atomic E-state index is 12.9. The van der Waals surface area contributed by atoms with E-state index in [1.54, 1.807) is 0 Å². The van der Waals surface area contributed by atoms with Crippen molar-refractivity contribution in [2.24, 2.45) is 0 Å². The summed E-state index contributed by atoms with van der Waals surface area (Å²) in [7, 11) is -4.76. The molecule has 0 aromatic heterocycles. The number of unbranched alkanes of at least 4 members (excludes halogenated alkanes) is 25. The SMILES string of the molecule is CC/C=C\C/C=C\C/C=C\CCCCCCCC(=O)OC(CO)COP(=O)(O)OCC(COC(=O)CCCCCCCCCCC/C=C\CCCCCCCC)OC(=O)CCCCCCC/C=C\C/C=C\C/C=C\CC. The van der Waals surface area contributed by atoms with Crippen LogP contribution in [0.25, 0.3) is 0 Å². The quantitative estimate of drug-likeness (QED) is 0.0197. The molecular formula is C64H111O11P. The molecule has 0 amide bonds. The zero-order valence-electron chi connectivity index (χ0n) is 48.5. The third-order valence-corrected chi connectivity index (χ3v) is 13.7. The van der Waals surface area contributed by atoms with Gasteiger partial charge in [-0.15, -0.1) is 0 Å². The fourth-order valence-corrected chi connectivity index (χ4v) is 8.99. The third kappa shape index (κ3) is 55.4. The second-order valence-electron chi connectivity index (χ2n) is 20.1. The minimum absolute atomic E-state index is 0.144. The van der Waals surface area contributed by atoms with Gasteiger partial charge in [0.05, 0.1) is 19.8 Å². The minimum atomic E-state index is -4.76. The topological polar surface area (TPSA) is 155 Å². The van der Waals surface area contributed by atoms with Crippen LogP contribution in [-0.2, 0) is 42.2 Å². The van der Waals surface area contributed by atoms with Gasteiger partial charge in [-0.1, -0.05) is 221 Å². The molecule has 0 radical (unpaired) electrons. The number of hydrogen-bond acceptors (Lipinski definition) is 10. The largest absolute Gasteiger partial charge is 0.472 e. The number of rotatable bonds is 56. The smallest absolute Gasteiger partial charge is 0.462 e. The molecule has 0 aliphatic heterocycles. The third-order valence-electron chi connectivity index (χ3n) is 12.8. The molecule has 0 bridgehead atoms. The van der Waals surface area contributed by atoms with Crippen molar-refractivity contribution in [1.29, 1.82) is 0 Å². The molecule has 0 aliphatic rings. The van der Waals surface area contributed by atoms with E-state index in [1.807, 2.05) is 0 Å². The predicted octanol–water partition coefficient (Wildman–Crippen LogP) is 18.3. The molecule has 0 spiro atoms. The molecule has 11 nitrogen and oxygen atoms in total. The van der Waals surface area contributed by atoms with Gasteiger partial charge in [-0.05, 0) is 109 Å². The molecule has 0 rings (SSSR count). The molecule has 0 saturated heterocycles. The first-order valence-corrected chi connectivity index (χ1v) is 32.0. The van der Waals surface area contributed by atoms with E-state index in [0.29, 0.717) is 19.3 Å². The van der Waals surface area contributed by atoms with Crippen LogP contribution in [0.2, 0.25) is 0 Å². The van der Waals surface area contributed by atoms with E-state index < -0.39 is 57.8 Å². The van der Waals surface area contributed by atoms with E-state index in [4.69, 9.17) is 23.3 Å². The van der Waals surface area contributed by atoms with Gasteiger partial charge in [-0.2, -0.15) is 0 Å². The van der Waals surface area contributed by atoms with E-state index in [2.05, 4.69) is 106 Å². The second kappa shape index (κ2) is 57.8. The summed E-state index contributed by atoms with van der Waals surface area (Å²) in [5.41, 5.74) is 0. The van der Waals surface area contributed by atoms with Crippen molar-refractivity contribution in [2.45, 2.75) is 277 Å². The van der Waals surface area contributed by atoms with Crippen LogP contribution in [-0.4, -0.2) is 66.5 Å². The van der Waals surface area contributed by atoms with Gasteiger partial charge in [0.1, 0.15) is 12.7 Å². The summed E-state index contributed by atoms with van der Waals surface area (Å²) in [5.74, 6) is -1.50. The van der Waals surface area contributed by atoms with E-state index in [9.17, 15) is 28.9 Å². The molecule has 0 heterocycles. The van der Waals surface area contributed by atoms with Gasteiger partial charge in [0.15, 0.2) is 6.10 Å². The molecular weight excluding hydrogens is 976 g/mol. The number of phosphoric ester groups is 1. The fraction of sp³-hybridized carbons (Fsp3) is 0.734. The average Bonchev–Trinajstić information content (AvgIpc) is 3.41. The Morgan fingerprint density at radius 3 is 1.07 bits per heavy atom. The van der Waals surface area contributed by atoms with Crippen LogP contribution in [0, 0.1) is 0 Å². The molecule has 0 aromatic carbocycles. The van der Waals surface area contributed by atoms with Crippen LogP contribution in [0.3, 0.4) is 0 Å². The van der Waals surface area contributed by atoms with Crippen molar-refractivity contribution in [1.82, 2.24) is 0 Å². The Kier molecular flexibility index (Phi) is 55.3. The molecule has 0 aromatic rings. The highest BCUT2D eigenvalue weighted by Crippen LogP contribution is 2.43. The normalized spacial score (nSPS) is 13.9. The lowest BCUT2D eigenvalue weighted by molar-refractivity contribution is -0.161. The molecule has 0 fully saturated rings. The van der Waals surface area contributed by atoms with Crippen LogP contribution in [0.4, 0.5) is 0 Å². The summed E-state index contributed by atoms with van der Waals surface area (Å²) < 4.78 is 39.6. The maximum atomic E-state index is 12.9. The standard InChI is InChI=1S/C64H111O11P/c1-4-7-10-13-16-19-22-25-28-29-30-31-34-35-38-41-44-47-50-53-62(66)71-57-61(75-64(68)55-52-49-46-43-40-37-33-27-24-21-18-15-12-9-6-3)59-73-76(69,70)72-58-60(56-65)74-63(67)54-51-48-45-42-39-36-32-26-23-20-17-14-11-8-5-2/h8-9,11-12,17-18,20-21,25-28,32-33,60-61,65H,4-7,10,13-16,19,22-24,29-31,34-59H2,1-3H3,(H,69,70)/b11-8-,12-9-,20-17-,21-18-,28-25-,32-26-,33-27-. The first-order chi connectivity index (χ1) is 37.2. The summed E-state index contributed by atoms with van der Waals surface area (Å²) in [6.07, 6.45) is 66.8. The highest BCUT2D eigenvalue weighted by atomic mass is 31.2. The Morgan fingerprint density at radius 1 is 0.382 bits per heavy atom. The summed E-state index contributed by atoms with van der Waals surface area (Å²) in [6.45, 7) is 4.40. The minimum Gasteiger partial charge on any atom is -0.462 e. The number of phosphoric acid groups is 1. The Morgan fingerprint density at radius 2 is 0.684 bits per heavy atom. The maximum Gasteiger partial charge on any atom is 0.472 e. The van der Waals surface area contributed by atoms with Gasteiger partial charge >= 0.3 is 25.7 Å². The summed E-state index contributed by atoms with van der Waals surface area (Å²) in [5, 5.41) is 9.83. The fourth-order valence-electron chi connectivity index (χ4n) is 8.20. The summed E-state index contributed by atoms with van der Waals surface area (Å²) >= 11 is 0. The molecule has 0 aliphatic carbocycles. The van der Waals surface area contributed by atoms with Gasteiger partial charge < -0.3 is 24.2 Å². The highest BCUT2D eigenvalue weighted by Gasteiger charge is 2.28. The van der Waals surface area contributed by atoms with Crippen molar-refractivity contribution in [3.05, 3.63) is 85.1 Å². The van der Waals surface area contributed by atoms with Gasteiger partial charge in [-0.3, -0.25) is 23.4 Å². The molecule has 3 unspecified atom stereocenters. The summed E-state index contributed by atoms with van der Waals surface area (Å²) in [4.78, 5) is 48.6. The van der Waals surface area contributed by atoms with Gasteiger partial charge in [0.2, 0.25) is 0 Å². The lowest BCUT2D eigenvalue weighted by Crippen LogP contribution is -2.30. The monoisotopic (exact) mass is 1090 g/mol. The zero-order valence-corrected chi connectivity index (χ0v) is 49.3. The van der Waals surface area contributed by atoms with Crippen LogP contribution in [0.15, 0.2) is 85.1 Å². The number of aliphatic hydroxyl groups is 1. The van der Waals surface area contributed by atoms with E-state index in [1.165, 1.54) is 83.5 Å². The van der Waals surface area contributed by atoms with Crippen molar-refractivity contribution in [3.63, 3.8) is 0 Å². The second-order valence-corrected chi connectivity index (χ2v) is 21.6. The first-order valence-electron chi connectivity index (χ1n) is 30.5. The molecule has 438 valence electrons. The summed E-state index contributed by atoms with van der Waals surface area (Å²) in [6, 6.07) is 0. The van der Waals surface area contributed by atoms with E-state index in [-0.39, 0.29) is 25.9 Å². The number of aliphatic hydroxyl groups excluding tert-OH is 1. The Labute approximate surface area is 464 Å². The number of allylic oxidation sites excluding steroid dienone is 14. The number of carbonyl (C=O) groups excluding carboxylic acids is 3. The Hall–Kier alpha value is -3.34. The molecule has 3 atom stereocenters. The number of carbonyl (C=O) groups is 3. The average molecular weight is 1090 g/mol. The molecule has 0 saturated carbocycles. The van der Waals surface area contributed by atoms with Gasteiger partial charge in [0, 0.05) is 19.3 Å². The Balaban J connectivity index is 4.73. The number of ether oxygens (including phenoxy) is 3. The zero-order chi connectivity index (χ0) is 55.5. The molecule has 2 N–H and O–H groups in total. The van der Waals surface area contributed by atoms with Crippen molar-refractivity contribution < 1.29 is 52.2 Å². The number of hydrogen-bond donors (Lipinski definition) is 2. The van der Waals surface area contributed by atoms with Crippen molar-refractivity contribution >= 4 is 25.7 Å².